The fraction of sp³-hybridized carbons (Fsp3) is 0.467. The Balaban J connectivity index is 1.82. The lowest BCUT2D eigenvalue weighted by Gasteiger charge is -2.26. The first-order chi connectivity index (χ1) is 9.38. The number of fused-ring (bicyclic) bond motifs is 1. The molecule has 1 N–H and O–H groups in total. The summed E-state index contributed by atoms with van der Waals surface area (Å²) in [5.74, 6) is 1.61. The summed E-state index contributed by atoms with van der Waals surface area (Å²) in [5.41, 5.74) is 2.88. The molecule has 19 heavy (non-hydrogen) atoms. The third-order valence-electron chi connectivity index (χ3n) is 3.76. The Kier molecular flexibility index (Phi) is 3.60. The minimum Gasteiger partial charge on any atom is -0.312 e. The van der Waals surface area contributed by atoms with Crippen LogP contribution in [-0.4, -0.2) is 21.3 Å². The van der Waals surface area contributed by atoms with Crippen LogP contribution in [0.2, 0.25) is 0 Å². The van der Waals surface area contributed by atoms with Crippen LogP contribution in [-0.2, 0) is 19.5 Å². The quantitative estimate of drug-likeness (QED) is 0.911. The predicted molar refractivity (Wildman–Crippen MR) is 74.9 cm³/mol. The van der Waals surface area contributed by atoms with Crippen molar-refractivity contribution in [1.82, 2.24) is 20.1 Å². The van der Waals surface area contributed by atoms with E-state index in [1.54, 1.807) is 6.33 Å². The van der Waals surface area contributed by atoms with E-state index in [1.807, 2.05) is 4.68 Å². The highest BCUT2D eigenvalue weighted by molar-refractivity contribution is 5.33. The minimum absolute atomic E-state index is 0.504. The molecule has 2 aromatic rings. The molecule has 1 aromatic carbocycles. The number of benzene rings is 1. The van der Waals surface area contributed by atoms with Gasteiger partial charge in [0.15, 0.2) is 0 Å². The predicted octanol–water partition coefficient (Wildman–Crippen LogP) is 2.12. The average molecular weight is 256 g/mol. The Labute approximate surface area is 113 Å². The van der Waals surface area contributed by atoms with Crippen LogP contribution in [0.15, 0.2) is 30.6 Å². The maximum Gasteiger partial charge on any atom is 0.138 e. The van der Waals surface area contributed by atoms with E-state index in [0.29, 0.717) is 5.92 Å². The van der Waals surface area contributed by atoms with Gasteiger partial charge in [0.2, 0.25) is 0 Å². The Hall–Kier alpha value is -1.68. The van der Waals surface area contributed by atoms with Gasteiger partial charge in [0.25, 0.3) is 0 Å². The fourth-order valence-electron chi connectivity index (χ4n) is 2.83. The summed E-state index contributed by atoms with van der Waals surface area (Å²) in [6.07, 6.45) is 3.73. The molecule has 0 fully saturated rings. The molecule has 0 spiro atoms. The van der Waals surface area contributed by atoms with Crippen molar-refractivity contribution in [2.45, 2.75) is 38.8 Å². The van der Waals surface area contributed by atoms with Crippen molar-refractivity contribution in [3.63, 3.8) is 0 Å². The molecule has 3 rings (SSSR count). The lowest BCUT2D eigenvalue weighted by molar-refractivity contribution is 0.500. The van der Waals surface area contributed by atoms with E-state index in [2.05, 4.69) is 46.6 Å². The van der Waals surface area contributed by atoms with E-state index < -0.39 is 0 Å². The molecule has 1 aromatic heterocycles. The zero-order chi connectivity index (χ0) is 13.1. The van der Waals surface area contributed by atoms with Gasteiger partial charge in [0.1, 0.15) is 12.2 Å². The summed E-state index contributed by atoms with van der Waals surface area (Å²) in [7, 11) is 0. The number of hydrogen-bond acceptors (Lipinski definition) is 3. The first-order valence-corrected chi connectivity index (χ1v) is 7.03. The first kappa shape index (κ1) is 12.4. The highest BCUT2D eigenvalue weighted by Crippen LogP contribution is 2.26. The van der Waals surface area contributed by atoms with Crippen LogP contribution < -0.4 is 5.32 Å². The van der Waals surface area contributed by atoms with Crippen LogP contribution in [0, 0.1) is 0 Å². The summed E-state index contributed by atoms with van der Waals surface area (Å²) in [6.45, 7) is 5.13. The molecule has 1 atom stereocenters. The number of rotatable bonds is 4. The van der Waals surface area contributed by atoms with Gasteiger partial charge in [0, 0.05) is 32.0 Å². The van der Waals surface area contributed by atoms with E-state index in [9.17, 15) is 0 Å². The summed E-state index contributed by atoms with van der Waals surface area (Å²) in [4.78, 5) is 4.43. The normalized spacial score (nSPS) is 18.3. The molecule has 0 amide bonds. The topological polar surface area (TPSA) is 42.7 Å². The van der Waals surface area contributed by atoms with Gasteiger partial charge < -0.3 is 5.32 Å². The van der Waals surface area contributed by atoms with Crippen molar-refractivity contribution in [3.8, 4) is 0 Å². The first-order valence-electron chi connectivity index (χ1n) is 7.03. The van der Waals surface area contributed by atoms with Gasteiger partial charge in [-0.15, -0.1) is 0 Å². The molecular weight excluding hydrogens is 236 g/mol. The van der Waals surface area contributed by atoms with Crippen LogP contribution >= 0.6 is 0 Å². The molecular formula is C15H20N4. The Morgan fingerprint density at radius 1 is 1.37 bits per heavy atom. The van der Waals surface area contributed by atoms with Crippen molar-refractivity contribution in [2.24, 2.45) is 0 Å². The molecule has 0 saturated carbocycles. The van der Waals surface area contributed by atoms with E-state index >= 15 is 0 Å². The highest BCUT2D eigenvalue weighted by atomic mass is 15.3. The second kappa shape index (κ2) is 5.53. The average Bonchev–Trinajstić information content (AvgIpc) is 2.87. The molecule has 0 bridgehead atoms. The summed E-state index contributed by atoms with van der Waals surface area (Å²) >= 11 is 0. The molecule has 0 saturated heterocycles. The largest absolute Gasteiger partial charge is 0.312 e. The Morgan fingerprint density at radius 3 is 3.16 bits per heavy atom. The van der Waals surface area contributed by atoms with Crippen LogP contribution in [0.4, 0.5) is 0 Å². The molecule has 4 nitrogen and oxygen atoms in total. The van der Waals surface area contributed by atoms with Crippen LogP contribution in [0.5, 0.6) is 0 Å². The van der Waals surface area contributed by atoms with Gasteiger partial charge in [-0.05, 0) is 17.5 Å². The third-order valence-corrected chi connectivity index (χ3v) is 3.76. The van der Waals surface area contributed by atoms with Gasteiger partial charge in [0.05, 0.1) is 0 Å². The maximum atomic E-state index is 4.43. The molecule has 2 heterocycles. The van der Waals surface area contributed by atoms with Crippen molar-refractivity contribution >= 4 is 0 Å². The van der Waals surface area contributed by atoms with Gasteiger partial charge in [-0.1, -0.05) is 31.2 Å². The molecule has 1 aliphatic heterocycles. The number of aromatic nitrogens is 3. The van der Waals surface area contributed by atoms with E-state index in [4.69, 9.17) is 0 Å². The molecule has 1 unspecified atom stereocenters. The molecule has 100 valence electrons. The number of aryl methyl sites for hydroxylation is 1. The molecule has 1 aliphatic rings. The lowest BCUT2D eigenvalue weighted by Crippen LogP contribution is -2.30. The van der Waals surface area contributed by atoms with Gasteiger partial charge in [-0.2, -0.15) is 5.10 Å². The van der Waals surface area contributed by atoms with Crippen molar-refractivity contribution in [1.29, 1.82) is 0 Å². The monoisotopic (exact) mass is 256 g/mol. The van der Waals surface area contributed by atoms with E-state index in [-0.39, 0.29) is 0 Å². The Morgan fingerprint density at radius 2 is 2.26 bits per heavy atom. The van der Waals surface area contributed by atoms with E-state index in [1.165, 1.54) is 11.1 Å². The zero-order valence-electron chi connectivity index (χ0n) is 11.3. The van der Waals surface area contributed by atoms with Gasteiger partial charge in [-0.3, -0.25) is 4.68 Å². The second-order valence-corrected chi connectivity index (χ2v) is 5.13. The summed E-state index contributed by atoms with van der Waals surface area (Å²) in [6, 6.07) is 8.71. The molecule has 4 heteroatoms. The van der Waals surface area contributed by atoms with Crippen LogP contribution in [0.25, 0.3) is 0 Å². The van der Waals surface area contributed by atoms with Gasteiger partial charge >= 0.3 is 0 Å². The van der Waals surface area contributed by atoms with Gasteiger partial charge in [-0.25, -0.2) is 4.98 Å². The number of nitrogens with zero attached hydrogens (tertiary/aromatic N) is 3. The number of nitrogens with one attached hydrogen (secondary N) is 1. The minimum atomic E-state index is 0.504. The molecule has 0 aliphatic carbocycles. The Bertz CT molecular complexity index is 547. The standard InChI is InChI=1S/C15H20N4/c1-2-7-19-15(17-11-18-19)8-13-10-16-9-12-5-3-4-6-14(12)13/h3-6,11,13,16H,2,7-10H2,1H3. The lowest BCUT2D eigenvalue weighted by atomic mass is 9.88. The highest BCUT2D eigenvalue weighted by Gasteiger charge is 2.21. The van der Waals surface area contributed by atoms with Crippen molar-refractivity contribution in [3.05, 3.63) is 47.5 Å². The zero-order valence-corrected chi connectivity index (χ0v) is 11.3. The van der Waals surface area contributed by atoms with Crippen molar-refractivity contribution < 1.29 is 0 Å². The van der Waals surface area contributed by atoms with Crippen LogP contribution in [0.1, 0.15) is 36.2 Å². The smallest absolute Gasteiger partial charge is 0.138 e. The summed E-state index contributed by atoms with van der Waals surface area (Å²) in [5, 5.41) is 7.81. The van der Waals surface area contributed by atoms with Crippen LogP contribution in [0.3, 0.4) is 0 Å². The molecule has 0 radical (unpaired) electrons. The number of hydrogen-bond donors (Lipinski definition) is 1. The third kappa shape index (κ3) is 2.54. The van der Waals surface area contributed by atoms with Crippen molar-refractivity contribution in [2.75, 3.05) is 6.54 Å². The second-order valence-electron chi connectivity index (χ2n) is 5.13. The van der Waals surface area contributed by atoms with E-state index in [0.717, 1.165) is 38.3 Å². The maximum absolute atomic E-state index is 4.43. The summed E-state index contributed by atoms with van der Waals surface area (Å²) < 4.78 is 2.04. The SMILES string of the molecule is CCCn1ncnc1CC1CNCc2ccccc21. The fourth-order valence-corrected chi connectivity index (χ4v) is 2.83.